The molecule has 0 amide bonds. The maximum atomic E-state index is 12.1. The first-order valence-electron chi connectivity index (χ1n) is 10.3. The van der Waals surface area contributed by atoms with Crippen molar-refractivity contribution in [1.82, 2.24) is 4.90 Å². The standard InChI is InChI=1S/C25H27NO4/c1-29-20-12-13-21(23(16-20)30-2)24(26-14-6-5-9-22(26)25(27)28)19-11-10-17-7-3-4-8-18(17)15-19/h3-4,7-8,10-13,15-16,22,24H,5-6,9,14H2,1-2H3,(H,27,28). The maximum absolute atomic E-state index is 12.1. The van der Waals surface area contributed by atoms with Crippen molar-refractivity contribution in [2.75, 3.05) is 20.8 Å². The maximum Gasteiger partial charge on any atom is 0.320 e. The number of carbonyl (C=O) groups is 1. The van der Waals surface area contributed by atoms with Gasteiger partial charge in [-0.2, -0.15) is 0 Å². The monoisotopic (exact) mass is 405 g/mol. The Kier molecular flexibility index (Phi) is 5.91. The van der Waals surface area contributed by atoms with Gasteiger partial charge in [0.1, 0.15) is 17.5 Å². The summed E-state index contributed by atoms with van der Waals surface area (Å²) < 4.78 is 11.1. The van der Waals surface area contributed by atoms with Crippen LogP contribution in [0.3, 0.4) is 0 Å². The Labute approximate surface area is 176 Å². The zero-order valence-corrected chi connectivity index (χ0v) is 17.4. The number of nitrogens with zero attached hydrogens (tertiary/aromatic N) is 1. The quantitative estimate of drug-likeness (QED) is 0.633. The van der Waals surface area contributed by atoms with Crippen molar-refractivity contribution in [3.8, 4) is 11.5 Å². The van der Waals surface area contributed by atoms with Gasteiger partial charge >= 0.3 is 5.97 Å². The van der Waals surface area contributed by atoms with E-state index in [-0.39, 0.29) is 6.04 Å². The Balaban J connectivity index is 1.89. The molecule has 0 spiro atoms. The average molecular weight is 405 g/mol. The van der Waals surface area contributed by atoms with Crippen LogP contribution in [0.25, 0.3) is 10.8 Å². The van der Waals surface area contributed by atoms with Gasteiger partial charge in [0.25, 0.3) is 0 Å². The highest BCUT2D eigenvalue weighted by Gasteiger charge is 2.36. The summed E-state index contributed by atoms with van der Waals surface area (Å²) in [6.45, 7) is 0.726. The minimum absolute atomic E-state index is 0.225. The molecule has 1 fully saturated rings. The van der Waals surface area contributed by atoms with Crippen molar-refractivity contribution in [3.05, 3.63) is 71.8 Å². The second-order valence-electron chi connectivity index (χ2n) is 7.70. The summed E-state index contributed by atoms with van der Waals surface area (Å²) in [5.74, 6) is 0.636. The third-order valence-electron chi connectivity index (χ3n) is 5.99. The number of aliphatic carboxylic acids is 1. The number of piperidine rings is 1. The molecule has 1 saturated heterocycles. The average Bonchev–Trinajstić information content (AvgIpc) is 2.79. The SMILES string of the molecule is COc1ccc(C(c2ccc3ccccc3c2)N2CCCCC2C(=O)O)c(OC)c1. The summed E-state index contributed by atoms with van der Waals surface area (Å²) in [5, 5.41) is 12.2. The first-order chi connectivity index (χ1) is 14.6. The molecule has 156 valence electrons. The number of rotatable bonds is 6. The molecular weight excluding hydrogens is 378 g/mol. The number of hydrogen-bond donors (Lipinski definition) is 1. The minimum atomic E-state index is -0.770. The molecule has 0 aliphatic carbocycles. The van der Waals surface area contributed by atoms with E-state index in [1.165, 1.54) is 0 Å². The number of benzene rings is 3. The van der Waals surface area contributed by atoms with Gasteiger partial charge in [0.2, 0.25) is 0 Å². The Morgan fingerprint density at radius 3 is 2.53 bits per heavy atom. The van der Waals surface area contributed by atoms with Gasteiger partial charge in [-0.05, 0) is 53.9 Å². The van der Waals surface area contributed by atoms with Crippen molar-refractivity contribution in [3.63, 3.8) is 0 Å². The summed E-state index contributed by atoms with van der Waals surface area (Å²) in [7, 11) is 3.26. The number of hydrogen-bond acceptors (Lipinski definition) is 4. The summed E-state index contributed by atoms with van der Waals surface area (Å²) in [6.07, 6.45) is 2.56. The first-order valence-corrected chi connectivity index (χ1v) is 10.3. The van der Waals surface area contributed by atoms with Crippen molar-refractivity contribution in [2.24, 2.45) is 0 Å². The third-order valence-corrected chi connectivity index (χ3v) is 5.99. The fraction of sp³-hybridized carbons (Fsp3) is 0.320. The summed E-state index contributed by atoms with van der Waals surface area (Å²) in [5.41, 5.74) is 2.01. The van der Waals surface area contributed by atoms with Gasteiger partial charge < -0.3 is 14.6 Å². The van der Waals surface area contributed by atoms with E-state index in [1.54, 1.807) is 14.2 Å². The summed E-state index contributed by atoms with van der Waals surface area (Å²) in [6, 6.07) is 19.6. The molecule has 3 aromatic carbocycles. The second kappa shape index (κ2) is 8.76. The van der Waals surface area contributed by atoms with E-state index < -0.39 is 12.0 Å². The van der Waals surface area contributed by atoms with Crippen LogP contribution in [0.1, 0.15) is 36.4 Å². The van der Waals surface area contributed by atoms with E-state index >= 15 is 0 Å². The molecule has 1 N–H and O–H groups in total. The fourth-order valence-corrected chi connectivity index (χ4v) is 4.50. The van der Waals surface area contributed by atoms with Crippen molar-refractivity contribution in [1.29, 1.82) is 0 Å². The molecule has 0 aromatic heterocycles. The highest BCUT2D eigenvalue weighted by Crippen LogP contribution is 2.40. The number of fused-ring (bicyclic) bond motifs is 1. The van der Waals surface area contributed by atoms with Gasteiger partial charge in [-0.1, -0.05) is 42.8 Å². The van der Waals surface area contributed by atoms with Gasteiger partial charge in [0.05, 0.1) is 20.3 Å². The van der Waals surface area contributed by atoms with E-state index in [9.17, 15) is 9.90 Å². The molecule has 5 nitrogen and oxygen atoms in total. The van der Waals surface area contributed by atoms with E-state index in [1.807, 2.05) is 30.3 Å². The van der Waals surface area contributed by atoms with Crippen LogP contribution < -0.4 is 9.47 Å². The Bertz CT molecular complexity index is 1050. The van der Waals surface area contributed by atoms with Crippen molar-refractivity contribution < 1.29 is 19.4 Å². The Hall–Kier alpha value is -3.05. The number of methoxy groups -OCH3 is 2. The Morgan fingerprint density at radius 2 is 1.80 bits per heavy atom. The molecule has 0 saturated carbocycles. The van der Waals surface area contributed by atoms with Gasteiger partial charge in [0, 0.05) is 11.6 Å². The van der Waals surface area contributed by atoms with E-state index in [2.05, 4.69) is 35.2 Å². The zero-order chi connectivity index (χ0) is 21.1. The minimum Gasteiger partial charge on any atom is -0.497 e. The molecular formula is C25H27NO4. The van der Waals surface area contributed by atoms with Crippen molar-refractivity contribution >= 4 is 16.7 Å². The molecule has 1 aliphatic rings. The highest BCUT2D eigenvalue weighted by molar-refractivity contribution is 5.83. The van der Waals surface area contributed by atoms with Crippen LogP contribution in [-0.4, -0.2) is 42.8 Å². The second-order valence-corrected chi connectivity index (χ2v) is 7.70. The van der Waals surface area contributed by atoms with E-state index in [0.29, 0.717) is 17.9 Å². The molecule has 1 aliphatic heterocycles. The van der Waals surface area contributed by atoms with Gasteiger partial charge in [-0.15, -0.1) is 0 Å². The van der Waals surface area contributed by atoms with Crippen LogP contribution in [-0.2, 0) is 4.79 Å². The van der Waals surface area contributed by atoms with Crippen LogP contribution in [0.4, 0.5) is 0 Å². The van der Waals surface area contributed by atoms with Crippen LogP contribution in [0.5, 0.6) is 11.5 Å². The van der Waals surface area contributed by atoms with Crippen molar-refractivity contribution in [2.45, 2.75) is 31.3 Å². The summed E-state index contributed by atoms with van der Waals surface area (Å²) >= 11 is 0. The lowest BCUT2D eigenvalue weighted by Crippen LogP contribution is -2.46. The largest absolute Gasteiger partial charge is 0.497 e. The molecule has 1 heterocycles. The van der Waals surface area contributed by atoms with Crippen LogP contribution >= 0.6 is 0 Å². The number of ether oxygens (including phenoxy) is 2. The third kappa shape index (κ3) is 3.85. The molecule has 2 atom stereocenters. The van der Waals surface area contributed by atoms with Crippen LogP contribution in [0, 0.1) is 0 Å². The smallest absolute Gasteiger partial charge is 0.320 e. The fourth-order valence-electron chi connectivity index (χ4n) is 4.50. The van der Waals surface area contributed by atoms with Crippen LogP contribution in [0.15, 0.2) is 60.7 Å². The van der Waals surface area contributed by atoms with Crippen LogP contribution in [0.2, 0.25) is 0 Å². The lowest BCUT2D eigenvalue weighted by Gasteiger charge is -2.40. The zero-order valence-electron chi connectivity index (χ0n) is 17.4. The van der Waals surface area contributed by atoms with Gasteiger partial charge in [-0.3, -0.25) is 9.69 Å². The van der Waals surface area contributed by atoms with E-state index in [4.69, 9.17) is 9.47 Å². The predicted molar refractivity (Wildman–Crippen MR) is 117 cm³/mol. The predicted octanol–water partition coefficient (Wildman–Crippen LogP) is 4.89. The normalized spacial score (nSPS) is 18.1. The lowest BCUT2D eigenvalue weighted by atomic mass is 9.90. The van der Waals surface area contributed by atoms with Gasteiger partial charge in [-0.25, -0.2) is 0 Å². The lowest BCUT2D eigenvalue weighted by molar-refractivity contribution is -0.145. The molecule has 2 unspecified atom stereocenters. The molecule has 4 rings (SSSR count). The molecule has 3 aromatic rings. The Morgan fingerprint density at radius 1 is 1.00 bits per heavy atom. The van der Waals surface area contributed by atoms with E-state index in [0.717, 1.165) is 41.3 Å². The van der Waals surface area contributed by atoms with Gasteiger partial charge in [0.15, 0.2) is 0 Å². The molecule has 5 heteroatoms. The topological polar surface area (TPSA) is 59.0 Å². The summed E-state index contributed by atoms with van der Waals surface area (Å²) in [4.78, 5) is 14.2. The highest BCUT2D eigenvalue weighted by atomic mass is 16.5. The molecule has 0 bridgehead atoms. The number of carboxylic acid groups (broad SMARTS) is 1. The number of carboxylic acids is 1. The number of likely N-dealkylation sites (tertiary alicyclic amines) is 1. The molecule has 0 radical (unpaired) electrons. The first kappa shape index (κ1) is 20.2. The molecule has 30 heavy (non-hydrogen) atoms.